The summed E-state index contributed by atoms with van der Waals surface area (Å²) in [6.45, 7) is 14.9. The van der Waals surface area contributed by atoms with Gasteiger partial charge >= 0.3 is 5.97 Å². The lowest BCUT2D eigenvalue weighted by molar-refractivity contribution is -0.151. The van der Waals surface area contributed by atoms with Gasteiger partial charge in [0.1, 0.15) is 6.10 Å². The van der Waals surface area contributed by atoms with Gasteiger partial charge in [-0.1, -0.05) is 136 Å². The molecule has 3 saturated carbocycles. The van der Waals surface area contributed by atoms with Crippen molar-refractivity contribution in [3.8, 4) is 0 Å². The normalized spacial score (nSPS) is 32.6. The van der Waals surface area contributed by atoms with E-state index < -0.39 is 0 Å². The lowest BCUT2D eigenvalue weighted by Gasteiger charge is -2.58. The summed E-state index contributed by atoms with van der Waals surface area (Å²) in [5, 5.41) is 0. The van der Waals surface area contributed by atoms with Gasteiger partial charge in [0.05, 0.1) is 0 Å². The monoisotopic (exact) mass is 651 g/mol. The van der Waals surface area contributed by atoms with Crippen LogP contribution >= 0.6 is 0 Å². The van der Waals surface area contributed by atoms with Crippen molar-refractivity contribution in [3.05, 3.63) is 23.8 Å². The predicted octanol–water partition coefficient (Wildman–Crippen LogP) is 14.0. The number of esters is 1. The number of allylic oxidation sites excluding steroid dienone is 3. The highest BCUT2D eigenvalue weighted by molar-refractivity contribution is 5.69. The van der Waals surface area contributed by atoms with E-state index in [1.54, 1.807) is 5.57 Å². The highest BCUT2D eigenvalue weighted by Crippen LogP contribution is 2.67. The minimum absolute atomic E-state index is 0.0541. The van der Waals surface area contributed by atoms with Gasteiger partial charge in [0.25, 0.3) is 0 Å². The van der Waals surface area contributed by atoms with Gasteiger partial charge in [-0.15, -0.1) is 0 Å². The molecular formula is C45H78O2. The zero-order valence-corrected chi connectivity index (χ0v) is 32.3. The zero-order valence-electron chi connectivity index (χ0n) is 32.3. The maximum atomic E-state index is 12.8. The smallest absolute Gasteiger partial charge is 0.306 e. The Morgan fingerprint density at radius 3 is 2.19 bits per heavy atom. The second-order valence-corrected chi connectivity index (χ2v) is 18.0. The number of fused-ring (bicyclic) bond motifs is 5. The summed E-state index contributed by atoms with van der Waals surface area (Å²) in [5.74, 6) is 5.31. The van der Waals surface area contributed by atoms with Crippen LogP contribution in [0.5, 0.6) is 0 Å². The lowest BCUT2D eigenvalue weighted by atomic mass is 9.47. The number of carbonyl (C=O) groups is 1. The molecule has 0 saturated heterocycles. The molecule has 8 unspecified atom stereocenters. The van der Waals surface area contributed by atoms with E-state index in [0.29, 0.717) is 17.3 Å². The van der Waals surface area contributed by atoms with Crippen molar-refractivity contribution in [2.75, 3.05) is 0 Å². The van der Waals surface area contributed by atoms with Gasteiger partial charge in [-0.3, -0.25) is 4.79 Å². The van der Waals surface area contributed by atoms with Gasteiger partial charge in [0.2, 0.25) is 0 Å². The predicted molar refractivity (Wildman–Crippen MR) is 202 cm³/mol. The lowest BCUT2D eigenvalue weighted by Crippen LogP contribution is -2.51. The van der Waals surface area contributed by atoms with Crippen LogP contribution in [0, 0.1) is 46.3 Å². The standard InChI is InChI=1S/C45H78O2/c1-7-8-9-10-11-12-13-14-15-16-17-18-19-20-21-25-43(46)47-38-30-32-44(5)37(34-38)26-27-39-41-29-28-40(36(4)24-22-23-35(2)3)45(41,6)33-31-42(39)44/h14-15,26,35-36,38-42H,7-13,16-25,27-34H2,1-6H3/b15-14-. The topological polar surface area (TPSA) is 26.3 Å². The fraction of sp³-hybridized carbons (Fsp3) is 0.889. The van der Waals surface area contributed by atoms with Crippen molar-refractivity contribution in [2.24, 2.45) is 46.3 Å². The maximum absolute atomic E-state index is 12.8. The molecule has 4 aliphatic carbocycles. The van der Waals surface area contributed by atoms with Gasteiger partial charge in [-0.25, -0.2) is 0 Å². The molecule has 0 aromatic heterocycles. The zero-order chi connectivity index (χ0) is 33.7. The highest BCUT2D eigenvalue weighted by Gasteiger charge is 2.59. The van der Waals surface area contributed by atoms with Crippen molar-refractivity contribution < 1.29 is 9.53 Å². The van der Waals surface area contributed by atoms with E-state index >= 15 is 0 Å². The molecule has 0 radical (unpaired) electrons. The number of rotatable bonds is 21. The number of hydrogen-bond donors (Lipinski definition) is 0. The van der Waals surface area contributed by atoms with Crippen LogP contribution in [-0.2, 0) is 9.53 Å². The number of carbonyl (C=O) groups excluding carboxylic acids is 1. The third kappa shape index (κ3) is 10.7. The molecule has 0 aromatic carbocycles. The molecule has 0 heterocycles. The van der Waals surface area contributed by atoms with Crippen molar-refractivity contribution in [2.45, 2.75) is 208 Å². The van der Waals surface area contributed by atoms with Crippen molar-refractivity contribution in [1.82, 2.24) is 0 Å². The Labute approximate surface area is 293 Å². The number of ether oxygens (including phenoxy) is 1. The van der Waals surface area contributed by atoms with E-state index in [0.717, 1.165) is 61.2 Å². The molecule has 0 aromatic rings. The van der Waals surface area contributed by atoms with Crippen LogP contribution in [0.1, 0.15) is 202 Å². The van der Waals surface area contributed by atoms with Crippen molar-refractivity contribution in [1.29, 1.82) is 0 Å². The Hall–Kier alpha value is -1.05. The van der Waals surface area contributed by atoms with Crippen LogP contribution in [0.3, 0.4) is 0 Å². The first-order valence-electron chi connectivity index (χ1n) is 21.2. The first-order valence-corrected chi connectivity index (χ1v) is 21.2. The fourth-order valence-electron chi connectivity index (χ4n) is 11.3. The quantitative estimate of drug-likeness (QED) is 0.0702. The van der Waals surface area contributed by atoms with E-state index in [9.17, 15) is 4.79 Å². The molecule has 4 aliphatic rings. The van der Waals surface area contributed by atoms with Gasteiger partial charge < -0.3 is 4.74 Å². The summed E-state index contributed by atoms with van der Waals surface area (Å²) < 4.78 is 6.12. The Morgan fingerprint density at radius 2 is 1.49 bits per heavy atom. The summed E-state index contributed by atoms with van der Waals surface area (Å²) in [4.78, 5) is 12.8. The maximum Gasteiger partial charge on any atom is 0.306 e. The molecule has 0 amide bonds. The average Bonchev–Trinajstić information content (AvgIpc) is 3.40. The molecule has 8 atom stereocenters. The van der Waals surface area contributed by atoms with Gasteiger partial charge in [-0.05, 0) is 123 Å². The van der Waals surface area contributed by atoms with E-state index in [-0.39, 0.29) is 12.1 Å². The average molecular weight is 651 g/mol. The molecule has 270 valence electrons. The summed E-state index contributed by atoms with van der Waals surface area (Å²) in [7, 11) is 0. The molecule has 4 rings (SSSR count). The van der Waals surface area contributed by atoms with Gasteiger partial charge in [0, 0.05) is 12.8 Å². The SMILES string of the molecule is CCCCCCCC/C=C\CCCCCCCC(=O)OC1CCC2(C)C(=CCC3C2CCC2(C)C(C(C)CCCC(C)C)CCC32)C1. The Bertz CT molecular complexity index is 976. The summed E-state index contributed by atoms with van der Waals surface area (Å²) in [5.41, 5.74) is 2.53. The molecule has 0 spiro atoms. The molecule has 0 bridgehead atoms. The van der Waals surface area contributed by atoms with Crippen LogP contribution in [0.2, 0.25) is 0 Å². The fourth-order valence-corrected chi connectivity index (χ4v) is 11.3. The molecule has 2 nitrogen and oxygen atoms in total. The van der Waals surface area contributed by atoms with E-state index in [2.05, 4.69) is 59.8 Å². The molecular weight excluding hydrogens is 572 g/mol. The van der Waals surface area contributed by atoms with E-state index in [1.807, 2.05) is 0 Å². The first kappa shape index (κ1) is 38.7. The Balaban J connectivity index is 1.12. The van der Waals surface area contributed by atoms with Crippen LogP contribution in [0.15, 0.2) is 23.8 Å². The second-order valence-electron chi connectivity index (χ2n) is 18.0. The summed E-state index contributed by atoms with van der Waals surface area (Å²) in [6, 6.07) is 0. The third-order valence-corrected chi connectivity index (χ3v) is 14.2. The second kappa shape index (κ2) is 19.4. The molecule has 47 heavy (non-hydrogen) atoms. The Morgan fingerprint density at radius 1 is 0.809 bits per heavy atom. The molecule has 2 heteroatoms. The van der Waals surface area contributed by atoms with Gasteiger partial charge in [-0.2, -0.15) is 0 Å². The van der Waals surface area contributed by atoms with Crippen LogP contribution in [0.25, 0.3) is 0 Å². The summed E-state index contributed by atoms with van der Waals surface area (Å²) >= 11 is 0. The number of unbranched alkanes of at least 4 members (excludes halogenated alkanes) is 11. The highest BCUT2D eigenvalue weighted by atomic mass is 16.5. The minimum Gasteiger partial charge on any atom is -0.462 e. The van der Waals surface area contributed by atoms with Gasteiger partial charge in [0.15, 0.2) is 0 Å². The largest absolute Gasteiger partial charge is 0.462 e. The Kier molecular flexibility index (Phi) is 16.0. The van der Waals surface area contributed by atoms with Crippen LogP contribution in [-0.4, -0.2) is 12.1 Å². The van der Waals surface area contributed by atoms with Crippen LogP contribution in [0.4, 0.5) is 0 Å². The third-order valence-electron chi connectivity index (χ3n) is 14.2. The first-order chi connectivity index (χ1) is 22.7. The summed E-state index contributed by atoms with van der Waals surface area (Å²) in [6.07, 6.45) is 39.5. The minimum atomic E-state index is 0.0541. The van der Waals surface area contributed by atoms with Crippen molar-refractivity contribution >= 4 is 5.97 Å². The molecule has 3 fully saturated rings. The van der Waals surface area contributed by atoms with Crippen molar-refractivity contribution in [3.63, 3.8) is 0 Å². The molecule has 0 N–H and O–H groups in total. The van der Waals surface area contributed by atoms with E-state index in [4.69, 9.17) is 4.74 Å². The number of hydrogen-bond acceptors (Lipinski definition) is 2. The van der Waals surface area contributed by atoms with Crippen LogP contribution < -0.4 is 0 Å². The molecule has 0 aliphatic heterocycles. The van der Waals surface area contributed by atoms with E-state index in [1.165, 1.54) is 128 Å².